The lowest BCUT2D eigenvalue weighted by Gasteiger charge is -2.16. The Labute approximate surface area is 120 Å². The summed E-state index contributed by atoms with van der Waals surface area (Å²) in [6.07, 6.45) is 1.07. The van der Waals surface area contributed by atoms with Crippen LogP contribution < -0.4 is 5.32 Å². The minimum Gasteiger partial charge on any atom is -0.313 e. The highest BCUT2D eigenvalue weighted by molar-refractivity contribution is 7.99. The van der Waals surface area contributed by atoms with Gasteiger partial charge in [-0.15, -0.1) is 11.3 Å². The molecule has 18 heavy (non-hydrogen) atoms. The first-order valence-corrected chi connectivity index (χ1v) is 8.74. The van der Waals surface area contributed by atoms with E-state index in [2.05, 4.69) is 56.7 Å². The molecule has 0 bridgehead atoms. The molecular weight excluding hydrogens is 260 g/mol. The molecule has 0 aliphatic heterocycles. The molecule has 0 fully saturated rings. The SMILES string of the molecule is CCNC(CSCC(C)C)Cc1nc(C)c(C)s1. The number of thiazole rings is 1. The van der Waals surface area contributed by atoms with Crippen LogP contribution in [0.25, 0.3) is 0 Å². The first-order chi connectivity index (χ1) is 8.52. The molecule has 4 heteroatoms. The molecule has 0 spiro atoms. The van der Waals surface area contributed by atoms with Gasteiger partial charge in [0.2, 0.25) is 0 Å². The summed E-state index contributed by atoms with van der Waals surface area (Å²) < 4.78 is 0. The lowest BCUT2D eigenvalue weighted by Crippen LogP contribution is -2.33. The van der Waals surface area contributed by atoms with E-state index >= 15 is 0 Å². The predicted molar refractivity (Wildman–Crippen MR) is 84.9 cm³/mol. The van der Waals surface area contributed by atoms with Gasteiger partial charge in [0.25, 0.3) is 0 Å². The van der Waals surface area contributed by atoms with Gasteiger partial charge in [0.1, 0.15) is 0 Å². The fourth-order valence-corrected chi connectivity index (χ4v) is 3.90. The smallest absolute Gasteiger partial charge is 0.0946 e. The second kappa shape index (κ2) is 8.18. The summed E-state index contributed by atoms with van der Waals surface area (Å²) in [5.74, 6) is 3.21. The molecule has 0 radical (unpaired) electrons. The third-order valence-corrected chi connectivity index (χ3v) is 5.39. The van der Waals surface area contributed by atoms with Gasteiger partial charge < -0.3 is 5.32 Å². The molecule has 1 unspecified atom stereocenters. The van der Waals surface area contributed by atoms with Crippen molar-refractivity contribution in [2.75, 3.05) is 18.1 Å². The van der Waals surface area contributed by atoms with Crippen molar-refractivity contribution >= 4 is 23.1 Å². The fraction of sp³-hybridized carbons (Fsp3) is 0.786. The average Bonchev–Trinajstić information content (AvgIpc) is 2.57. The Morgan fingerprint density at radius 1 is 1.28 bits per heavy atom. The fourth-order valence-electron chi connectivity index (χ4n) is 1.76. The van der Waals surface area contributed by atoms with Crippen LogP contribution in [0.3, 0.4) is 0 Å². The average molecular weight is 287 g/mol. The predicted octanol–water partition coefficient (Wildman–Crippen LogP) is 3.67. The summed E-state index contributed by atoms with van der Waals surface area (Å²) >= 11 is 3.90. The first-order valence-electron chi connectivity index (χ1n) is 6.77. The highest BCUT2D eigenvalue weighted by Gasteiger charge is 2.12. The van der Waals surface area contributed by atoms with E-state index in [1.165, 1.54) is 27.1 Å². The molecule has 0 amide bonds. The largest absolute Gasteiger partial charge is 0.313 e. The second-order valence-corrected chi connectivity index (χ2v) is 7.50. The molecule has 0 aliphatic rings. The highest BCUT2D eigenvalue weighted by atomic mass is 32.2. The maximum atomic E-state index is 4.64. The van der Waals surface area contributed by atoms with Crippen LogP contribution >= 0.6 is 23.1 Å². The van der Waals surface area contributed by atoms with E-state index in [1.54, 1.807) is 0 Å². The molecule has 0 saturated carbocycles. The molecule has 0 saturated heterocycles. The lowest BCUT2D eigenvalue weighted by atomic mass is 10.2. The minimum atomic E-state index is 0.559. The van der Waals surface area contributed by atoms with Crippen molar-refractivity contribution in [3.8, 4) is 0 Å². The van der Waals surface area contributed by atoms with Crippen molar-refractivity contribution < 1.29 is 0 Å². The van der Waals surface area contributed by atoms with Crippen LogP contribution in [-0.4, -0.2) is 29.1 Å². The number of aromatic nitrogens is 1. The second-order valence-electron chi connectivity index (χ2n) is 5.14. The molecular formula is C14H26N2S2. The van der Waals surface area contributed by atoms with Crippen LogP contribution in [0.2, 0.25) is 0 Å². The molecule has 104 valence electrons. The van der Waals surface area contributed by atoms with Crippen LogP contribution in [0, 0.1) is 19.8 Å². The van der Waals surface area contributed by atoms with Gasteiger partial charge in [-0.3, -0.25) is 0 Å². The van der Waals surface area contributed by atoms with Gasteiger partial charge in [0, 0.05) is 23.1 Å². The number of aryl methyl sites for hydroxylation is 2. The van der Waals surface area contributed by atoms with E-state index in [4.69, 9.17) is 0 Å². The van der Waals surface area contributed by atoms with E-state index in [0.29, 0.717) is 6.04 Å². The molecule has 1 aromatic rings. The van der Waals surface area contributed by atoms with Crippen molar-refractivity contribution in [1.29, 1.82) is 0 Å². The number of nitrogens with one attached hydrogen (secondary N) is 1. The summed E-state index contributed by atoms with van der Waals surface area (Å²) in [6.45, 7) is 12.0. The van der Waals surface area contributed by atoms with Crippen LogP contribution in [0.5, 0.6) is 0 Å². The highest BCUT2D eigenvalue weighted by Crippen LogP contribution is 2.19. The van der Waals surface area contributed by atoms with Crippen molar-refractivity contribution in [2.24, 2.45) is 5.92 Å². The number of hydrogen-bond acceptors (Lipinski definition) is 4. The summed E-state index contributed by atoms with van der Waals surface area (Å²) in [5.41, 5.74) is 1.19. The molecule has 0 aliphatic carbocycles. The topological polar surface area (TPSA) is 24.9 Å². The molecule has 1 atom stereocenters. The van der Waals surface area contributed by atoms with Gasteiger partial charge in [-0.1, -0.05) is 20.8 Å². The van der Waals surface area contributed by atoms with Crippen molar-refractivity contribution in [2.45, 2.75) is 47.1 Å². The Morgan fingerprint density at radius 2 is 2.00 bits per heavy atom. The summed E-state index contributed by atoms with van der Waals surface area (Å²) in [4.78, 5) is 6.00. The zero-order valence-electron chi connectivity index (χ0n) is 12.2. The van der Waals surface area contributed by atoms with Crippen molar-refractivity contribution in [3.05, 3.63) is 15.6 Å². The van der Waals surface area contributed by atoms with Gasteiger partial charge in [-0.05, 0) is 32.1 Å². The normalized spacial score (nSPS) is 13.2. The van der Waals surface area contributed by atoms with Gasteiger partial charge in [-0.2, -0.15) is 11.8 Å². The van der Waals surface area contributed by atoms with E-state index in [1.807, 2.05) is 11.3 Å². The molecule has 1 heterocycles. The third kappa shape index (κ3) is 5.72. The molecule has 0 aromatic carbocycles. The Morgan fingerprint density at radius 3 is 2.50 bits per heavy atom. The quantitative estimate of drug-likeness (QED) is 0.789. The summed E-state index contributed by atoms with van der Waals surface area (Å²) in [5, 5.41) is 4.86. The third-order valence-electron chi connectivity index (χ3n) is 2.76. The minimum absolute atomic E-state index is 0.559. The first kappa shape index (κ1) is 16.0. The summed E-state index contributed by atoms with van der Waals surface area (Å²) in [7, 11) is 0. The van der Waals surface area contributed by atoms with Crippen LogP contribution in [-0.2, 0) is 6.42 Å². The van der Waals surface area contributed by atoms with E-state index in [-0.39, 0.29) is 0 Å². The van der Waals surface area contributed by atoms with Gasteiger partial charge in [-0.25, -0.2) is 4.98 Å². The summed E-state index contributed by atoms with van der Waals surface area (Å²) in [6, 6.07) is 0.559. The number of likely N-dealkylation sites (N-methyl/N-ethyl adjacent to an activating group) is 1. The maximum absolute atomic E-state index is 4.64. The van der Waals surface area contributed by atoms with Gasteiger partial charge in [0.15, 0.2) is 0 Å². The van der Waals surface area contributed by atoms with Crippen molar-refractivity contribution in [3.63, 3.8) is 0 Å². The Balaban J connectivity index is 2.46. The Kier molecular flexibility index (Phi) is 7.27. The number of nitrogens with zero attached hydrogens (tertiary/aromatic N) is 1. The van der Waals surface area contributed by atoms with Crippen LogP contribution in [0.4, 0.5) is 0 Å². The Hall–Kier alpha value is -0.0600. The van der Waals surface area contributed by atoms with E-state index in [0.717, 1.165) is 18.9 Å². The molecule has 1 rings (SSSR count). The number of rotatable bonds is 8. The van der Waals surface area contributed by atoms with Gasteiger partial charge in [0.05, 0.1) is 10.7 Å². The van der Waals surface area contributed by atoms with Crippen LogP contribution in [0.1, 0.15) is 36.3 Å². The molecule has 1 aromatic heterocycles. The number of hydrogen-bond donors (Lipinski definition) is 1. The molecule has 1 N–H and O–H groups in total. The Bertz CT molecular complexity index is 328. The monoisotopic (exact) mass is 286 g/mol. The zero-order chi connectivity index (χ0) is 13.5. The standard InChI is InChI=1S/C14H26N2S2/c1-6-15-13(9-17-8-10(2)3)7-14-16-11(4)12(5)18-14/h10,13,15H,6-9H2,1-5H3. The van der Waals surface area contributed by atoms with Crippen LogP contribution in [0.15, 0.2) is 0 Å². The number of thioether (sulfide) groups is 1. The van der Waals surface area contributed by atoms with E-state index < -0.39 is 0 Å². The molecule has 2 nitrogen and oxygen atoms in total. The maximum Gasteiger partial charge on any atom is 0.0946 e. The van der Waals surface area contributed by atoms with Crippen molar-refractivity contribution in [1.82, 2.24) is 10.3 Å². The van der Waals surface area contributed by atoms with E-state index in [9.17, 15) is 0 Å². The zero-order valence-corrected chi connectivity index (χ0v) is 13.9. The van der Waals surface area contributed by atoms with Gasteiger partial charge >= 0.3 is 0 Å². The lowest BCUT2D eigenvalue weighted by molar-refractivity contribution is 0.570.